The Bertz CT molecular complexity index is 1070. The number of esters is 2. The molecule has 0 aliphatic heterocycles. The zero-order valence-electron chi connectivity index (χ0n) is 35.2. The van der Waals surface area contributed by atoms with Crippen molar-refractivity contribution in [1.82, 2.24) is 0 Å². The summed E-state index contributed by atoms with van der Waals surface area (Å²) < 4.78 is 17.2. The molecule has 0 aliphatic rings. The van der Waals surface area contributed by atoms with Crippen molar-refractivity contribution >= 4 is 17.9 Å². The summed E-state index contributed by atoms with van der Waals surface area (Å²) >= 11 is 0. The molecule has 2 atom stereocenters. The van der Waals surface area contributed by atoms with E-state index in [9.17, 15) is 19.5 Å². The molecule has 0 aromatic heterocycles. The number of rotatable bonds is 37. The second-order valence-corrected chi connectivity index (χ2v) is 15.2. The molecule has 0 aromatic carbocycles. The van der Waals surface area contributed by atoms with Crippen LogP contribution in [0.4, 0.5) is 0 Å². The molecule has 0 saturated heterocycles. The van der Waals surface area contributed by atoms with Gasteiger partial charge in [-0.3, -0.25) is 9.59 Å². The van der Waals surface area contributed by atoms with E-state index in [1.54, 1.807) is 0 Å². The van der Waals surface area contributed by atoms with Crippen molar-refractivity contribution in [3.05, 3.63) is 60.8 Å². The molecule has 0 fully saturated rings. The number of ether oxygens (including phenoxy) is 3. The van der Waals surface area contributed by atoms with Gasteiger partial charge in [0.15, 0.2) is 12.1 Å². The number of carboxylic acids is 1. The quantitative estimate of drug-likeness (QED) is 0.0291. The van der Waals surface area contributed by atoms with Crippen molar-refractivity contribution in [3.63, 3.8) is 0 Å². The molecule has 1 N–H and O–H groups in total. The van der Waals surface area contributed by atoms with E-state index in [1.165, 1.54) is 25.7 Å². The fourth-order valence-electron chi connectivity index (χ4n) is 5.84. The average molecular weight is 759 g/mol. The summed E-state index contributed by atoms with van der Waals surface area (Å²) in [6, 6.07) is -0.622. The Balaban J connectivity index is 4.43. The zero-order valence-corrected chi connectivity index (χ0v) is 35.2. The average Bonchev–Trinajstić information content (AvgIpc) is 3.12. The standard InChI is InChI=1S/C46H79NO7/c1-6-8-10-12-14-16-18-20-22-24-26-28-30-32-34-36-44(48)53-41-42(40-52-39-38-43(46(50)51)47(3,4)5)54-45(49)37-35-33-31-29-27-25-23-21-19-17-15-13-11-9-7-2/h9,11,14-17,20-23,42-43H,6-8,10,12-13,18-19,24-41H2,1-5H3/p+1/b11-9-,16-14-,17-15-,22-20-,23-21-. The second kappa shape index (κ2) is 37.0. The lowest BCUT2D eigenvalue weighted by Gasteiger charge is -2.31. The van der Waals surface area contributed by atoms with Crippen molar-refractivity contribution in [2.75, 3.05) is 41.0 Å². The fourth-order valence-corrected chi connectivity index (χ4v) is 5.84. The molecule has 54 heavy (non-hydrogen) atoms. The molecule has 8 nitrogen and oxygen atoms in total. The second-order valence-electron chi connectivity index (χ2n) is 15.2. The molecule has 8 heteroatoms. The van der Waals surface area contributed by atoms with Gasteiger partial charge in [0.05, 0.1) is 34.4 Å². The van der Waals surface area contributed by atoms with Crippen LogP contribution < -0.4 is 0 Å². The number of quaternary nitrogens is 1. The molecule has 0 aliphatic carbocycles. The van der Waals surface area contributed by atoms with Crippen molar-refractivity contribution in [3.8, 4) is 0 Å². The lowest BCUT2D eigenvalue weighted by molar-refractivity contribution is -0.887. The summed E-state index contributed by atoms with van der Waals surface area (Å²) in [5.74, 6) is -1.51. The molecule has 0 bridgehead atoms. The van der Waals surface area contributed by atoms with Gasteiger partial charge in [-0.05, 0) is 77.0 Å². The van der Waals surface area contributed by atoms with E-state index in [2.05, 4.69) is 74.6 Å². The Morgan fingerprint density at radius 2 is 1.04 bits per heavy atom. The minimum absolute atomic E-state index is 0.0470. The van der Waals surface area contributed by atoms with Gasteiger partial charge in [0, 0.05) is 19.3 Å². The third kappa shape index (κ3) is 34.8. The fraction of sp³-hybridized carbons (Fsp3) is 0.717. The van der Waals surface area contributed by atoms with Gasteiger partial charge >= 0.3 is 17.9 Å². The number of unbranched alkanes of at least 4 members (excludes halogenated alkanes) is 13. The Morgan fingerprint density at radius 1 is 0.574 bits per heavy atom. The van der Waals surface area contributed by atoms with Crippen LogP contribution in [0.1, 0.15) is 162 Å². The molecule has 0 rings (SSSR count). The number of carboxylic acid groups (broad SMARTS) is 1. The van der Waals surface area contributed by atoms with Crippen LogP contribution in [0.2, 0.25) is 0 Å². The van der Waals surface area contributed by atoms with Gasteiger partial charge in [-0.2, -0.15) is 0 Å². The maximum atomic E-state index is 12.7. The molecule has 0 heterocycles. The van der Waals surface area contributed by atoms with Crippen molar-refractivity contribution in [2.24, 2.45) is 0 Å². The first-order chi connectivity index (χ1) is 26.1. The summed E-state index contributed by atoms with van der Waals surface area (Å²) in [7, 11) is 5.51. The number of likely N-dealkylation sites (N-methyl/N-ethyl adjacent to an activating group) is 1. The zero-order chi connectivity index (χ0) is 40.0. The first-order valence-corrected chi connectivity index (χ1v) is 21.3. The highest BCUT2D eigenvalue weighted by Crippen LogP contribution is 2.13. The Kier molecular flexibility index (Phi) is 34.9. The van der Waals surface area contributed by atoms with Gasteiger partial charge in [0.1, 0.15) is 6.61 Å². The van der Waals surface area contributed by atoms with E-state index in [0.717, 1.165) is 103 Å². The summed E-state index contributed by atoms with van der Waals surface area (Å²) in [5.41, 5.74) is 0. The number of hydrogen-bond donors (Lipinski definition) is 1. The number of allylic oxidation sites excluding steroid dienone is 10. The molecule has 0 radical (unpaired) electrons. The maximum absolute atomic E-state index is 12.7. The van der Waals surface area contributed by atoms with Crippen LogP contribution in [0.25, 0.3) is 0 Å². The monoisotopic (exact) mass is 759 g/mol. The molecule has 310 valence electrons. The largest absolute Gasteiger partial charge is 0.477 e. The Hall–Kier alpha value is -2.97. The SMILES string of the molecule is CC/C=C\C/C=C\C/C=C\CCCCCCCC(=O)OC(COCCC(C(=O)O)[N+](C)(C)C)COC(=O)CCCCCCC/C=C\C/C=C\CCCCC. The highest BCUT2D eigenvalue weighted by atomic mass is 16.6. The van der Waals surface area contributed by atoms with Crippen molar-refractivity contribution < 1.29 is 38.2 Å². The normalized spacial score (nSPS) is 13.6. The lowest BCUT2D eigenvalue weighted by Crippen LogP contribution is -2.50. The van der Waals surface area contributed by atoms with Crippen LogP contribution >= 0.6 is 0 Å². The van der Waals surface area contributed by atoms with E-state index >= 15 is 0 Å². The number of hydrogen-bond acceptors (Lipinski definition) is 6. The van der Waals surface area contributed by atoms with Crippen LogP contribution in [0.3, 0.4) is 0 Å². The molecular weight excluding hydrogens is 679 g/mol. The van der Waals surface area contributed by atoms with Crippen LogP contribution in [-0.2, 0) is 28.6 Å². The van der Waals surface area contributed by atoms with Crippen LogP contribution in [-0.4, -0.2) is 80.6 Å². The van der Waals surface area contributed by atoms with Crippen molar-refractivity contribution in [1.29, 1.82) is 0 Å². The summed E-state index contributed by atoms with van der Waals surface area (Å²) in [6.07, 6.45) is 44.0. The van der Waals surface area contributed by atoms with Crippen molar-refractivity contribution in [2.45, 2.75) is 174 Å². The molecular formula is C46H80NO7+. The van der Waals surface area contributed by atoms with E-state index in [-0.39, 0.29) is 36.2 Å². The Morgan fingerprint density at radius 3 is 1.54 bits per heavy atom. The number of carbonyl (C=O) groups excluding carboxylic acids is 2. The predicted octanol–water partition coefficient (Wildman–Crippen LogP) is 11.4. The van der Waals surface area contributed by atoms with Crippen LogP contribution in [0.15, 0.2) is 60.8 Å². The number of aliphatic carboxylic acids is 1. The van der Waals surface area contributed by atoms with Gasteiger partial charge < -0.3 is 23.8 Å². The summed E-state index contributed by atoms with van der Waals surface area (Å²) in [4.78, 5) is 36.9. The number of nitrogens with zero attached hydrogens (tertiary/aromatic N) is 1. The third-order valence-electron chi connectivity index (χ3n) is 9.15. The number of carbonyl (C=O) groups is 3. The molecule has 0 saturated carbocycles. The summed E-state index contributed by atoms with van der Waals surface area (Å²) in [5, 5.41) is 9.61. The molecule has 2 unspecified atom stereocenters. The van der Waals surface area contributed by atoms with Gasteiger partial charge in [-0.1, -0.05) is 126 Å². The third-order valence-corrected chi connectivity index (χ3v) is 9.15. The van der Waals surface area contributed by atoms with Crippen LogP contribution in [0, 0.1) is 0 Å². The van der Waals surface area contributed by atoms with Gasteiger partial charge in [-0.25, -0.2) is 4.79 Å². The lowest BCUT2D eigenvalue weighted by atomic mass is 10.1. The molecule has 0 amide bonds. The minimum atomic E-state index is -0.883. The van der Waals surface area contributed by atoms with Gasteiger partial charge in [0.2, 0.25) is 0 Å². The van der Waals surface area contributed by atoms with E-state index in [4.69, 9.17) is 14.2 Å². The summed E-state index contributed by atoms with van der Waals surface area (Å²) in [6.45, 7) is 4.55. The predicted molar refractivity (Wildman–Crippen MR) is 224 cm³/mol. The van der Waals surface area contributed by atoms with Gasteiger partial charge in [0.25, 0.3) is 0 Å². The first kappa shape index (κ1) is 51.0. The minimum Gasteiger partial charge on any atom is -0.477 e. The Labute approximate surface area is 330 Å². The first-order valence-electron chi connectivity index (χ1n) is 21.3. The highest BCUT2D eigenvalue weighted by molar-refractivity contribution is 5.72. The smallest absolute Gasteiger partial charge is 0.362 e. The topological polar surface area (TPSA) is 99.1 Å². The maximum Gasteiger partial charge on any atom is 0.362 e. The molecule has 0 spiro atoms. The van der Waals surface area contributed by atoms with E-state index in [1.807, 2.05) is 21.1 Å². The van der Waals surface area contributed by atoms with Gasteiger partial charge in [-0.15, -0.1) is 0 Å². The van der Waals surface area contributed by atoms with E-state index < -0.39 is 18.1 Å². The highest BCUT2D eigenvalue weighted by Gasteiger charge is 2.31. The van der Waals surface area contributed by atoms with Crippen LogP contribution in [0.5, 0.6) is 0 Å². The molecule has 0 aromatic rings. The van der Waals surface area contributed by atoms with E-state index in [0.29, 0.717) is 19.3 Å².